The molecule has 1 amide bonds. The van der Waals surface area contributed by atoms with E-state index < -0.39 is 6.10 Å². The molecule has 0 aliphatic carbocycles. The zero-order valence-electron chi connectivity index (χ0n) is 13.4. The molecule has 1 atom stereocenters. The second kappa shape index (κ2) is 7.81. The van der Waals surface area contributed by atoms with Crippen LogP contribution >= 0.6 is 23.4 Å². The summed E-state index contributed by atoms with van der Waals surface area (Å²) in [6, 6.07) is 15.7. The molecule has 3 rings (SSSR count). The van der Waals surface area contributed by atoms with Crippen molar-refractivity contribution in [1.82, 2.24) is 5.32 Å². The minimum atomic E-state index is -0.481. The lowest BCUT2D eigenvalue weighted by Gasteiger charge is -2.35. The fraction of sp³-hybridized carbons (Fsp3) is 0.278. The average Bonchev–Trinajstić information content (AvgIpc) is 2.62. The van der Waals surface area contributed by atoms with Gasteiger partial charge in [-0.15, -0.1) is 11.8 Å². The van der Waals surface area contributed by atoms with Crippen molar-refractivity contribution in [3.63, 3.8) is 0 Å². The Morgan fingerprint density at radius 2 is 2.04 bits per heavy atom. The molecule has 0 aromatic heterocycles. The molecule has 126 valence electrons. The highest BCUT2D eigenvalue weighted by atomic mass is 35.5. The fourth-order valence-corrected chi connectivity index (χ4v) is 3.62. The third-order valence-corrected chi connectivity index (χ3v) is 5.09. The molecule has 0 radical (unpaired) electrons. The molecule has 6 heteroatoms. The lowest BCUT2D eigenvalue weighted by molar-refractivity contribution is -0.127. The number of ether oxygens (including phenoxy) is 1. The van der Waals surface area contributed by atoms with E-state index >= 15 is 0 Å². The molecular weight excluding hydrogens is 344 g/mol. The second-order valence-corrected chi connectivity index (χ2v) is 7.04. The van der Waals surface area contributed by atoms with Crippen molar-refractivity contribution in [3.8, 4) is 5.75 Å². The number of nitrogens with one attached hydrogen (secondary N) is 1. The maximum atomic E-state index is 12.0. The normalized spacial score (nSPS) is 16.2. The Balaban J connectivity index is 1.66. The molecule has 0 bridgehead atoms. The molecule has 24 heavy (non-hydrogen) atoms. The first-order chi connectivity index (χ1) is 11.7. The molecule has 2 aromatic carbocycles. The first-order valence-corrected chi connectivity index (χ1v) is 9.14. The summed E-state index contributed by atoms with van der Waals surface area (Å²) in [5.41, 5.74) is 1.04. The number of para-hydroxylation sites is 2. The van der Waals surface area contributed by atoms with Crippen molar-refractivity contribution < 1.29 is 9.53 Å². The summed E-state index contributed by atoms with van der Waals surface area (Å²) in [5.74, 6) is 1.57. The van der Waals surface area contributed by atoms with Crippen molar-refractivity contribution in [2.45, 2.75) is 11.0 Å². The van der Waals surface area contributed by atoms with Gasteiger partial charge >= 0.3 is 0 Å². The Labute approximate surface area is 151 Å². The van der Waals surface area contributed by atoms with Crippen molar-refractivity contribution in [3.05, 3.63) is 53.6 Å². The summed E-state index contributed by atoms with van der Waals surface area (Å²) in [6.45, 7) is 1.39. The van der Waals surface area contributed by atoms with E-state index in [-0.39, 0.29) is 5.91 Å². The van der Waals surface area contributed by atoms with Gasteiger partial charge in [-0.1, -0.05) is 23.7 Å². The predicted molar refractivity (Wildman–Crippen MR) is 99.3 cm³/mol. The summed E-state index contributed by atoms with van der Waals surface area (Å²) < 4.78 is 5.82. The Morgan fingerprint density at radius 1 is 1.29 bits per heavy atom. The maximum absolute atomic E-state index is 12.0. The van der Waals surface area contributed by atoms with Crippen LogP contribution in [-0.4, -0.2) is 37.9 Å². The number of nitrogens with zero attached hydrogens (tertiary/aromatic N) is 1. The van der Waals surface area contributed by atoms with Gasteiger partial charge in [0.05, 0.1) is 12.2 Å². The quantitative estimate of drug-likeness (QED) is 0.827. The van der Waals surface area contributed by atoms with E-state index in [2.05, 4.69) is 10.2 Å². The zero-order valence-corrected chi connectivity index (χ0v) is 14.9. The van der Waals surface area contributed by atoms with Gasteiger partial charge in [0, 0.05) is 29.3 Å². The van der Waals surface area contributed by atoms with Gasteiger partial charge in [-0.3, -0.25) is 4.79 Å². The number of fused-ring (bicyclic) bond motifs is 1. The Morgan fingerprint density at radius 3 is 2.79 bits per heavy atom. The van der Waals surface area contributed by atoms with E-state index in [1.807, 2.05) is 48.5 Å². The van der Waals surface area contributed by atoms with E-state index in [0.717, 1.165) is 28.8 Å². The van der Waals surface area contributed by atoms with Crippen LogP contribution in [0.15, 0.2) is 53.4 Å². The number of amides is 1. The SMILES string of the molecule is CNC(=O)[C@H]1CN(CCSc2ccc(Cl)cc2)c2ccccc2O1. The zero-order chi connectivity index (χ0) is 16.9. The minimum Gasteiger partial charge on any atom is -0.477 e. The van der Waals surface area contributed by atoms with E-state index in [1.165, 1.54) is 4.90 Å². The smallest absolute Gasteiger partial charge is 0.262 e. The topological polar surface area (TPSA) is 41.6 Å². The monoisotopic (exact) mass is 362 g/mol. The number of benzene rings is 2. The molecule has 0 saturated carbocycles. The first-order valence-electron chi connectivity index (χ1n) is 7.78. The van der Waals surface area contributed by atoms with Gasteiger partial charge in [0.2, 0.25) is 0 Å². The lowest BCUT2D eigenvalue weighted by atomic mass is 10.2. The molecule has 0 unspecified atom stereocenters. The van der Waals surface area contributed by atoms with E-state index in [1.54, 1.807) is 18.8 Å². The van der Waals surface area contributed by atoms with Crippen LogP contribution in [0, 0.1) is 0 Å². The average molecular weight is 363 g/mol. The molecule has 0 fully saturated rings. The number of hydrogen-bond donors (Lipinski definition) is 1. The Kier molecular flexibility index (Phi) is 5.53. The third kappa shape index (κ3) is 3.97. The third-order valence-electron chi connectivity index (χ3n) is 3.84. The number of thioether (sulfide) groups is 1. The number of carbonyl (C=O) groups excluding carboxylic acids is 1. The highest BCUT2D eigenvalue weighted by Crippen LogP contribution is 2.33. The van der Waals surface area contributed by atoms with Crippen molar-refractivity contribution in [2.24, 2.45) is 0 Å². The number of rotatable bonds is 5. The summed E-state index contributed by atoms with van der Waals surface area (Å²) in [4.78, 5) is 15.4. The van der Waals surface area contributed by atoms with Crippen LogP contribution in [0.3, 0.4) is 0 Å². The van der Waals surface area contributed by atoms with Crippen LogP contribution in [0.25, 0.3) is 0 Å². The minimum absolute atomic E-state index is 0.0974. The first kappa shape index (κ1) is 17.0. The summed E-state index contributed by atoms with van der Waals surface area (Å²) in [5, 5.41) is 3.41. The largest absolute Gasteiger partial charge is 0.477 e. The lowest BCUT2D eigenvalue weighted by Crippen LogP contribution is -2.48. The second-order valence-electron chi connectivity index (χ2n) is 5.44. The van der Waals surface area contributed by atoms with Crippen molar-refractivity contribution >= 4 is 35.0 Å². The van der Waals surface area contributed by atoms with Crippen LogP contribution in [0.5, 0.6) is 5.75 Å². The summed E-state index contributed by atoms with van der Waals surface area (Å²) in [7, 11) is 1.63. The van der Waals surface area contributed by atoms with Crippen molar-refractivity contribution in [1.29, 1.82) is 0 Å². The predicted octanol–water partition coefficient (Wildman–Crippen LogP) is 3.45. The molecule has 1 aliphatic heterocycles. The number of anilines is 1. The molecule has 2 aromatic rings. The molecule has 1 heterocycles. The standard InChI is InChI=1S/C18H19ClN2O2S/c1-20-18(22)17-12-21(15-4-2-3-5-16(15)23-17)10-11-24-14-8-6-13(19)7-9-14/h2-9,17H,10-12H2,1H3,(H,20,22)/t17-/m1/s1. The van der Waals surface area contributed by atoms with Crippen LogP contribution in [0.4, 0.5) is 5.69 Å². The molecular formula is C18H19ClN2O2S. The van der Waals surface area contributed by atoms with E-state index in [4.69, 9.17) is 16.3 Å². The van der Waals surface area contributed by atoms with Crippen LogP contribution in [-0.2, 0) is 4.79 Å². The fourth-order valence-electron chi connectivity index (χ4n) is 2.62. The van der Waals surface area contributed by atoms with E-state index in [0.29, 0.717) is 6.54 Å². The molecule has 0 spiro atoms. The molecule has 1 N–H and O–H groups in total. The molecule has 1 aliphatic rings. The Hall–Kier alpha value is -1.85. The van der Waals surface area contributed by atoms with Gasteiger partial charge in [0.1, 0.15) is 5.75 Å². The number of hydrogen-bond acceptors (Lipinski definition) is 4. The van der Waals surface area contributed by atoms with Crippen LogP contribution in [0.2, 0.25) is 5.02 Å². The van der Waals surface area contributed by atoms with Crippen LogP contribution < -0.4 is 15.0 Å². The number of halogens is 1. The van der Waals surface area contributed by atoms with Gasteiger partial charge in [0.25, 0.3) is 5.91 Å². The van der Waals surface area contributed by atoms with Gasteiger partial charge < -0.3 is 15.0 Å². The van der Waals surface area contributed by atoms with Crippen LogP contribution in [0.1, 0.15) is 0 Å². The van der Waals surface area contributed by atoms with Gasteiger partial charge in [-0.2, -0.15) is 0 Å². The summed E-state index contributed by atoms with van der Waals surface area (Å²) >= 11 is 7.68. The van der Waals surface area contributed by atoms with Gasteiger partial charge in [-0.25, -0.2) is 0 Å². The number of carbonyl (C=O) groups is 1. The van der Waals surface area contributed by atoms with Gasteiger partial charge in [0.15, 0.2) is 6.10 Å². The summed E-state index contributed by atoms with van der Waals surface area (Å²) in [6.07, 6.45) is -0.481. The van der Waals surface area contributed by atoms with Crippen molar-refractivity contribution in [2.75, 3.05) is 30.8 Å². The highest BCUT2D eigenvalue weighted by molar-refractivity contribution is 7.99. The highest BCUT2D eigenvalue weighted by Gasteiger charge is 2.29. The molecule has 4 nitrogen and oxygen atoms in total. The maximum Gasteiger partial charge on any atom is 0.262 e. The molecule has 0 saturated heterocycles. The van der Waals surface area contributed by atoms with E-state index in [9.17, 15) is 4.79 Å². The number of likely N-dealkylation sites (N-methyl/N-ethyl adjacent to an activating group) is 1. The Bertz CT molecular complexity index is 708. The van der Waals surface area contributed by atoms with Gasteiger partial charge in [-0.05, 0) is 36.4 Å².